The minimum Gasteiger partial charge on any atom is -0.478 e. The van der Waals surface area contributed by atoms with Gasteiger partial charge < -0.3 is 10.4 Å². The van der Waals surface area contributed by atoms with E-state index < -0.39 is 5.97 Å². The average Bonchev–Trinajstić information content (AvgIpc) is 2.74. The number of hydrogen-bond donors (Lipinski definition) is 2. The van der Waals surface area contributed by atoms with E-state index in [-0.39, 0.29) is 0 Å². The van der Waals surface area contributed by atoms with Gasteiger partial charge in [0.1, 0.15) is 5.01 Å². The van der Waals surface area contributed by atoms with Crippen molar-refractivity contribution in [2.45, 2.75) is 26.8 Å². The van der Waals surface area contributed by atoms with E-state index in [1.807, 2.05) is 19.1 Å². The van der Waals surface area contributed by atoms with Crippen LogP contribution in [0.3, 0.4) is 0 Å². The fourth-order valence-electron chi connectivity index (χ4n) is 1.98. The Hall–Kier alpha value is -1.72. The molecule has 0 fully saturated rings. The van der Waals surface area contributed by atoms with Gasteiger partial charge in [0.25, 0.3) is 0 Å². The molecule has 0 aliphatic heterocycles. The monoisotopic (exact) mass is 290 g/mol. The lowest BCUT2D eigenvalue weighted by Crippen LogP contribution is -2.17. The van der Waals surface area contributed by atoms with Gasteiger partial charge in [-0.25, -0.2) is 9.78 Å². The number of carboxylic acids is 1. The van der Waals surface area contributed by atoms with E-state index in [1.165, 1.54) is 4.88 Å². The highest BCUT2D eigenvalue weighted by Gasteiger charge is 2.08. The first-order chi connectivity index (χ1) is 9.58. The largest absolute Gasteiger partial charge is 0.478 e. The highest BCUT2D eigenvalue weighted by atomic mass is 32.1. The van der Waals surface area contributed by atoms with Crippen LogP contribution in [0.25, 0.3) is 0 Å². The molecule has 0 atom stereocenters. The fourth-order valence-corrected chi connectivity index (χ4v) is 2.88. The predicted molar refractivity (Wildman–Crippen MR) is 80.4 cm³/mol. The number of carboxylic acid groups (broad SMARTS) is 1. The maximum atomic E-state index is 11.1. The standard InChI is InChI=1S/C15H18N2O2S/c1-10-11(2)20-14(17-10)9-16-8-7-12-5-3-4-6-13(12)15(18)19/h3-6,16H,7-9H2,1-2H3,(H,18,19). The number of rotatable bonds is 6. The summed E-state index contributed by atoms with van der Waals surface area (Å²) >= 11 is 1.70. The molecule has 20 heavy (non-hydrogen) atoms. The first-order valence-corrected chi connectivity index (χ1v) is 7.34. The first kappa shape index (κ1) is 14.7. The Balaban J connectivity index is 1.86. The summed E-state index contributed by atoms with van der Waals surface area (Å²) in [6.07, 6.45) is 0.700. The topological polar surface area (TPSA) is 62.2 Å². The van der Waals surface area contributed by atoms with Crippen molar-refractivity contribution >= 4 is 17.3 Å². The minimum absolute atomic E-state index is 0.384. The molecule has 0 saturated heterocycles. The Bertz CT molecular complexity index is 588. The Kier molecular flexibility index (Phi) is 4.87. The number of hydrogen-bond acceptors (Lipinski definition) is 4. The third-order valence-corrected chi connectivity index (χ3v) is 4.24. The molecule has 0 aliphatic carbocycles. The van der Waals surface area contributed by atoms with Gasteiger partial charge in [0.15, 0.2) is 0 Å². The Morgan fingerprint density at radius 1 is 1.35 bits per heavy atom. The Morgan fingerprint density at radius 2 is 2.10 bits per heavy atom. The molecule has 0 amide bonds. The van der Waals surface area contributed by atoms with Gasteiger partial charge in [-0.2, -0.15) is 0 Å². The molecule has 1 aromatic carbocycles. The van der Waals surface area contributed by atoms with Crippen molar-refractivity contribution in [3.63, 3.8) is 0 Å². The molecule has 5 heteroatoms. The van der Waals surface area contributed by atoms with Gasteiger partial charge in [-0.15, -0.1) is 11.3 Å². The Labute approximate surface area is 122 Å². The molecule has 0 bridgehead atoms. The van der Waals surface area contributed by atoms with Crippen LogP contribution < -0.4 is 5.32 Å². The summed E-state index contributed by atoms with van der Waals surface area (Å²) in [7, 11) is 0. The van der Waals surface area contributed by atoms with E-state index in [4.69, 9.17) is 5.11 Å². The summed E-state index contributed by atoms with van der Waals surface area (Å²) < 4.78 is 0. The molecule has 4 nitrogen and oxygen atoms in total. The van der Waals surface area contributed by atoms with Crippen LogP contribution >= 0.6 is 11.3 Å². The summed E-state index contributed by atoms with van der Waals surface area (Å²) in [5.41, 5.74) is 2.33. The third kappa shape index (κ3) is 3.65. The number of carbonyl (C=O) groups is 1. The molecular formula is C15H18N2O2S. The lowest BCUT2D eigenvalue weighted by Gasteiger charge is -2.06. The molecule has 2 N–H and O–H groups in total. The van der Waals surface area contributed by atoms with E-state index in [0.717, 1.165) is 29.4 Å². The Morgan fingerprint density at radius 3 is 2.75 bits per heavy atom. The SMILES string of the molecule is Cc1nc(CNCCc2ccccc2C(=O)O)sc1C. The van der Waals surface area contributed by atoms with Crippen LogP contribution in [-0.2, 0) is 13.0 Å². The minimum atomic E-state index is -0.869. The molecule has 2 aromatic rings. The van der Waals surface area contributed by atoms with Crippen LogP contribution in [0, 0.1) is 13.8 Å². The zero-order valence-electron chi connectivity index (χ0n) is 11.6. The van der Waals surface area contributed by atoms with E-state index >= 15 is 0 Å². The quantitative estimate of drug-likeness (QED) is 0.803. The van der Waals surface area contributed by atoms with Gasteiger partial charge in [-0.05, 0) is 38.4 Å². The number of nitrogens with zero attached hydrogens (tertiary/aromatic N) is 1. The maximum Gasteiger partial charge on any atom is 0.335 e. The van der Waals surface area contributed by atoms with E-state index in [9.17, 15) is 4.79 Å². The number of aromatic carboxylic acids is 1. The average molecular weight is 290 g/mol. The van der Waals surface area contributed by atoms with Crippen molar-refractivity contribution in [2.75, 3.05) is 6.54 Å². The summed E-state index contributed by atoms with van der Waals surface area (Å²) in [5.74, 6) is -0.869. The molecule has 0 unspecified atom stereocenters. The number of thiazole rings is 1. The van der Waals surface area contributed by atoms with Crippen molar-refractivity contribution in [1.29, 1.82) is 0 Å². The van der Waals surface area contributed by atoms with Gasteiger partial charge in [-0.3, -0.25) is 0 Å². The van der Waals surface area contributed by atoms with Crippen LogP contribution in [-0.4, -0.2) is 22.6 Å². The number of aromatic nitrogens is 1. The maximum absolute atomic E-state index is 11.1. The number of aryl methyl sites for hydroxylation is 2. The van der Waals surface area contributed by atoms with Crippen molar-refractivity contribution in [1.82, 2.24) is 10.3 Å². The summed E-state index contributed by atoms with van der Waals surface area (Å²) in [6.45, 7) is 5.55. The second-order valence-electron chi connectivity index (χ2n) is 4.64. The molecule has 106 valence electrons. The summed E-state index contributed by atoms with van der Waals surface area (Å²) in [4.78, 5) is 16.8. The highest BCUT2D eigenvalue weighted by Crippen LogP contribution is 2.16. The third-order valence-electron chi connectivity index (χ3n) is 3.17. The molecule has 0 radical (unpaired) electrons. The van der Waals surface area contributed by atoms with Crippen LogP contribution in [0.1, 0.15) is 31.5 Å². The van der Waals surface area contributed by atoms with E-state index in [1.54, 1.807) is 23.5 Å². The predicted octanol–water partition coefficient (Wildman–Crippen LogP) is 2.79. The molecule has 0 aliphatic rings. The lowest BCUT2D eigenvalue weighted by atomic mass is 10.0. The van der Waals surface area contributed by atoms with Crippen molar-refractivity contribution in [2.24, 2.45) is 0 Å². The first-order valence-electron chi connectivity index (χ1n) is 6.52. The second kappa shape index (κ2) is 6.63. The zero-order chi connectivity index (χ0) is 14.5. The van der Waals surface area contributed by atoms with Crippen molar-refractivity contribution in [3.8, 4) is 0 Å². The van der Waals surface area contributed by atoms with Crippen LogP contribution in [0.5, 0.6) is 0 Å². The van der Waals surface area contributed by atoms with Gasteiger partial charge >= 0.3 is 5.97 Å². The van der Waals surface area contributed by atoms with Gasteiger partial charge in [0.2, 0.25) is 0 Å². The molecule has 1 heterocycles. The normalized spacial score (nSPS) is 10.7. The van der Waals surface area contributed by atoms with Crippen molar-refractivity contribution in [3.05, 3.63) is 51.0 Å². The fraction of sp³-hybridized carbons (Fsp3) is 0.333. The summed E-state index contributed by atoms with van der Waals surface area (Å²) in [5, 5.41) is 13.5. The number of nitrogens with one attached hydrogen (secondary N) is 1. The molecular weight excluding hydrogens is 272 g/mol. The highest BCUT2D eigenvalue weighted by molar-refractivity contribution is 7.11. The molecule has 0 saturated carbocycles. The van der Waals surface area contributed by atoms with E-state index in [2.05, 4.69) is 17.2 Å². The van der Waals surface area contributed by atoms with Gasteiger partial charge in [0.05, 0.1) is 11.3 Å². The second-order valence-corrected chi connectivity index (χ2v) is 5.93. The van der Waals surface area contributed by atoms with Crippen LogP contribution in [0.2, 0.25) is 0 Å². The zero-order valence-corrected chi connectivity index (χ0v) is 12.5. The van der Waals surface area contributed by atoms with Crippen LogP contribution in [0.4, 0.5) is 0 Å². The van der Waals surface area contributed by atoms with E-state index in [0.29, 0.717) is 12.0 Å². The summed E-state index contributed by atoms with van der Waals surface area (Å²) in [6, 6.07) is 7.13. The molecule has 0 spiro atoms. The van der Waals surface area contributed by atoms with Gasteiger partial charge in [-0.1, -0.05) is 18.2 Å². The van der Waals surface area contributed by atoms with Crippen molar-refractivity contribution < 1.29 is 9.90 Å². The smallest absolute Gasteiger partial charge is 0.335 e. The van der Waals surface area contributed by atoms with Gasteiger partial charge in [0, 0.05) is 11.4 Å². The number of benzene rings is 1. The molecule has 1 aromatic heterocycles. The van der Waals surface area contributed by atoms with Crippen LogP contribution in [0.15, 0.2) is 24.3 Å². The molecule has 2 rings (SSSR count). The lowest BCUT2D eigenvalue weighted by molar-refractivity contribution is 0.0695.